The predicted molar refractivity (Wildman–Crippen MR) is 87.2 cm³/mol. The summed E-state index contributed by atoms with van der Waals surface area (Å²) in [7, 11) is 1.54. The molecule has 0 bridgehead atoms. The lowest BCUT2D eigenvalue weighted by atomic mass is 9.98. The molecule has 0 radical (unpaired) electrons. The summed E-state index contributed by atoms with van der Waals surface area (Å²) >= 11 is 0. The molecule has 0 heterocycles. The highest BCUT2D eigenvalue weighted by molar-refractivity contribution is 6.13. The van der Waals surface area contributed by atoms with Gasteiger partial charge >= 0.3 is 5.97 Å². The van der Waals surface area contributed by atoms with Crippen LogP contribution in [0.15, 0.2) is 59.3 Å². The number of carboxylic acids is 1. The van der Waals surface area contributed by atoms with Gasteiger partial charge in [0.05, 0.1) is 18.4 Å². The molecule has 1 rings (SSSR count). The number of nitrogens with one attached hydrogen (secondary N) is 1. The molecule has 0 aliphatic rings. The summed E-state index contributed by atoms with van der Waals surface area (Å²) in [6.45, 7) is 3.36. The van der Waals surface area contributed by atoms with Crippen LogP contribution in [-0.2, 0) is 4.79 Å². The largest absolute Gasteiger partial charge is 0.497 e. The molecule has 0 saturated carbocycles. The molecular weight excluding hydrogens is 280 g/mol. The quantitative estimate of drug-likeness (QED) is 0.427. The third-order valence-corrected chi connectivity index (χ3v) is 2.95. The Balaban J connectivity index is 3.32. The van der Waals surface area contributed by atoms with Gasteiger partial charge in [0.15, 0.2) is 0 Å². The van der Waals surface area contributed by atoms with Crippen LogP contribution in [0.5, 0.6) is 5.75 Å². The lowest BCUT2D eigenvalue weighted by molar-refractivity contribution is -0.132. The minimum atomic E-state index is -1.07. The molecule has 4 N–H and O–H groups in total. The number of nitrogens with two attached hydrogens (primary N) is 1. The van der Waals surface area contributed by atoms with Gasteiger partial charge in [0.1, 0.15) is 5.75 Å². The molecule has 116 valence electrons. The van der Waals surface area contributed by atoms with E-state index in [1.165, 1.54) is 12.2 Å². The minimum absolute atomic E-state index is 0.0648. The Bertz CT molecular complexity index is 666. The third-order valence-electron chi connectivity index (χ3n) is 2.95. The highest BCUT2D eigenvalue weighted by atomic mass is 16.5. The molecule has 0 atom stereocenters. The average Bonchev–Trinajstić information content (AvgIpc) is 2.50. The second-order valence-electron chi connectivity index (χ2n) is 4.61. The molecular formula is C17H20N2O3. The van der Waals surface area contributed by atoms with Crippen molar-refractivity contribution in [1.29, 1.82) is 5.41 Å². The van der Waals surface area contributed by atoms with Crippen LogP contribution < -0.4 is 10.5 Å². The standard InChI is InChI=1S/C17H20N2O3/c1-4-6-13(17(20)21)10-15(11(2)18)16(19)12-7-5-8-14(9-12)22-3/h4-10,19H,18H2,1-3H3,(H,20,21)/b6-4-,13-10+,15-11-,19-16?. The molecule has 0 amide bonds. The Morgan fingerprint density at radius 1 is 1.41 bits per heavy atom. The first-order valence-corrected chi connectivity index (χ1v) is 6.68. The normalized spacial score (nSPS) is 13.0. The van der Waals surface area contributed by atoms with Crippen molar-refractivity contribution in [2.24, 2.45) is 5.73 Å². The molecule has 0 aliphatic carbocycles. The van der Waals surface area contributed by atoms with Crippen molar-refractivity contribution >= 4 is 11.7 Å². The Morgan fingerprint density at radius 3 is 2.59 bits per heavy atom. The second kappa shape index (κ2) is 7.83. The van der Waals surface area contributed by atoms with Gasteiger partial charge in [-0.05, 0) is 32.1 Å². The molecule has 5 heteroatoms. The van der Waals surface area contributed by atoms with Crippen molar-refractivity contribution in [1.82, 2.24) is 0 Å². The fourth-order valence-electron chi connectivity index (χ4n) is 1.83. The summed E-state index contributed by atoms with van der Waals surface area (Å²) < 4.78 is 5.14. The van der Waals surface area contributed by atoms with Crippen molar-refractivity contribution in [2.75, 3.05) is 7.11 Å². The summed E-state index contributed by atoms with van der Waals surface area (Å²) in [6.07, 6.45) is 4.49. The Morgan fingerprint density at radius 2 is 2.09 bits per heavy atom. The Hall–Kier alpha value is -2.82. The van der Waals surface area contributed by atoms with Crippen LogP contribution in [0.25, 0.3) is 0 Å². The maximum absolute atomic E-state index is 11.2. The second-order valence-corrected chi connectivity index (χ2v) is 4.61. The number of hydrogen-bond donors (Lipinski definition) is 3. The van der Waals surface area contributed by atoms with Crippen LogP contribution in [0.4, 0.5) is 0 Å². The van der Waals surface area contributed by atoms with E-state index < -0.39 is 5.97 Å². The van der Waals surface area contributed by atoms with Gasteiger partial charge in [-0.1, -0.05) is 24.3 Å². The van der Waals surface area contributed by atoms with Crippen LogP contribution in [-0.4, -0.2) is 23.9 Å². The molecule has 5 nitrogen and oxygen atoms in total. The van der Waals surface area contributed by atoms with Crippen molar-refractivity contribution in [3.8, 4) is 5.75 Å². The number of ether oxygens (including phenoxy) is 1. The van der Waals surface area contributed by atoms with Crippen molar-refractivity contribution in [3.05, 3.63) is 64.9 Å². The number of carbonyl (C=O) groups is 1. The summed E-state index contributed by atoms with van der Waals surface area (Å²) in [6, 6.07) is 6.99. The van der Waals surface area contributed by atoms with Gasteiger partial charge in [-0.2, -0.15) is 0 Å². The number of hydrogen-bond acceptors (Lipinski definition) is 4. The van der Waals surface area contributed by atoms with E-state index in [1.807, 2.05) is 0 Å². The van der Waals surface area contributed by atoms with E-state index in [0.717, 1.165) is 0 Å². The Kier molecular flexibility index (Phi) is 6.13. The lowest BCUT2D eigenvalue weighted by Gasteiger charge is -2.10. The van der Waals surface area contributed by atoms with E-state index >= 15 is 0 Å². The van der Waals surface area contributed by atoms with Crippen LogP contribution in [0.1, 0.15) is 19.4 Å². The summed E-state index contributed by atoms with van der Waals surface area (Å²) in [4.78, 5) is 11.2. The maximum Gasteiger partial charge on any atom is 0.335 e. The zero-order valence-electron chi connectivity index (χ0n) is 12.9. The van der Waals surface area contributed by atoms with Crippen molar-refractivity contribution in [2.45, 2.75) is 13.8 Å². The fourth-order valence-corrected chi connectivity index (χ4v) is 1.83. The van der Waals surface area contributed by atoms with E-state index in [2.05, 4.69) is 0 Å². The van der Waals surface area contributed by atoms with Crippen LogP contribution in [0.3, 0.4) is 0 Å². The monoisotopic (exact) mass is 300 g/mol. The van der Waals surface area contributed by atoms with E-state index in [0.29, 0.717) is 22.6 Å². The highest BCUT2D eigenvalue weighted by Crippen LogP contribution is 2.19. The minimum Gasteiger partial charge on any atom is -0.497 e. The number of rotatable bonds is 6. The van der Waals surface area contributed by atoms with E-state index in [4.69, 9.17) is 15.9 Å². The summed E-state index contributed by atoms with van der Waals surface area (Å²) in [5.41, 5.74) is 7.38. The Labute approximate surface area is 129 Å². The highest BCUT2D eigenvalue weighted by Gasteiger charge is 2.12. The summed E-state index contributed by atoms with van der Waals surface area (Å²) in [5, 5.41) is 17.5. The molecule has 0 unspecified atom stereocenters. The SMILES string of the molecule is C\C=C/C(=C\C(C(=N)c1cccc(OC)c1)=C(/C)N)C(=O)O. The van der Waals surface area contributed by atoms with Gasteiger partial charge in [0.2, 0.25) is 0 Å². The maximum atomic E-state index is 11.2. The number of carboxylic acid groups (broad SMARTS) is 1. The van der Waals surface area contributed by atoms with Gasteiger partial charge in [0, 0.05) is 16.8 Å². The van der Waals surface area contributed by atoms with Crippen LogP contribution in [0, 0.1) is 5.41 Å². The lowest BCUT2D eigenvalue weighted by Crippen LogP contribution is -2.10. The van der Waals surface area contributed by atoms with E-state index in [9.17, 15) is 9.90 Å². The molecule has 0 aromatic heterocycles. The number of methoxy groups -OCH3 is 1. The molecule has 22 heavy (non-hydrogen) atoms. The predicted octanol–water partition coefficient (Wildman–Crippen LogP) is 2.88. The fraction of sp³-hybridized carbons (Fsp3) is 0.176. The van der Waals surface area contributed by atoms with Crippen LogP contribution >= 0.6 is 0 Å². The first kappa shape index (κ1) is 17.2. The topological polar surface area (TPSA) is 96.4 Å². The van der Waals surface area contributed by atoms with Gasteiger partial charge in [0.25, 0.3) is 0 Å². The molecule has 0 fully saturated rings. The van der Waals surface area contributed by atoms with E-state index in [1.54, 1.807) is 51.3 Å². The third kappa shape index (κ3) is 4.34. The molecule has 0 spiro atoms. The first-order chi connectivity index (χ1) is 10.4. The smallest absolute Gasteiger partial charge is 0.335 e. The molecule has 0 saturated heterocycles. The first-order valence-electron chi connectivity index (χ1n) is 6.68. The van der Waals surface area contributed by atoms with E-state index in [-0.39, 0.29) is 11.3 Å². The number of aliphatic carboxylic acids is 1. The van der Waals surface area contributed by atoms with Gasteiger partial charge in [-0.15, -0.1) is 0 Å². The van der Waals surface area contributed by atoms with Crippen LogP contribution in [0.2, 0.25) is 0 Å². The number of allylic oxidation sites excluding steroid dienone is 4. The molecule has 1 aromatic rings. The zero-order valence-corrected chi connectivity index (χ0v) is 12.9. The average molecular weight is 300 g/mol. The summed E-state index contributed by atoms with van der Waals surface area (Å²) in [5.74, 6) is -0.456. The van der Waals surface area contributed by atoms with Gasteiger partial charge in [-0.25, -0.2) is 4.79 Å². The van der Waals surface area contributed by atoms with Gasteiger partial charge < -0.3 is 15.6 Å². The zero-order chi connectivity index (χ0) is 16.7. The van der Waals surface area contributed by atoms with Gasteiger partial charge in [-0.3, -0.25) is 5.41 Å². The molecule has 0 aliphatic heterocycles. The van der Waals surface area contributed by atoms with Crippen molar-refractivity contribution in [3.63, 3.8) is 0 Å². The molecule has 1 aromatic carbocycles. The number of benzene rings is 1. The van der Waals surface area contributed by atoms with Crippen molar-refractivity contribution < 1.29 is 14.6 Å².